The number of nitrogens with one attached hydrogen (secondary N) is 1. The van der Waals surface area contributed by atoms with Crippen molar-refractivity contribution < 1.29 is 13.2 Å². The zero-order valence-corrected chi connectivity index (χ0v) is 12.2. The van der Waals surface area contributed by atoms with Crippen LogP contribution in [-0.2, 0) is 16.9 Å². The van der Waals surface area contributed by atoms with Crippen LogP contribution in [0.3, 0.4) is 0 Å². The summed E-state index contributed by atoms with van der Waals surface area (Å²) in [5.74, 6) is -0.440. The Morgan fingerprint density at radius 1 is 1.30 bits per heavy atom. The van der Waals surface area contributed by atoms with E-state index in [1.54, 1.807) is 36.0 Å². The SMILES string of the molecule is Cc1cc(C(=O)Nc2ccccc2S(C)(=O)=O)nn1C. The van der Waals surface area contributed by atoms with Gasteiger partial charge in [-0.25, -0.2) is 8.42 Å². The first-order chi connectivity index (χ1) is 9.29. The van der Waals surface area contributed by atoms with Gasteiger partial charge in [-0.2, -0.15) is 5.10 Å². The van der Waals surface area contributed by atoms with Gasteiger partial charge in [0.25, 0.3) is 5.91 Å². The third-order valence-corrected chi connectivity index (χ3v) is 4.04. The highest BCUT2D eigenvalue weighted by Crippen LogP contribution is 2.21. The molecule has 2 rings (SSSR count). The molecule has 0 bridgehead atoms. The van der Waals surface area contributed by atoms with E-state index < -0.39 is 15.7 Å². The highest BCUT2D eigenvalue weighted by molar-refractivity contribution is 7.90. The lowest BCUT2D eigenvalue weighted by molar-refractivity contribution is 0.102. The molecule has 0 saturated carbocycles. The standard InChI is InChI=1S/C13H15N3O3S/c1-9-8-11(15-16(9)2)13(17)14-10-6-4-5-7-12(10)20(3,18)19/h4-8H,1-3H3,(H,14,17). The molecule has 0 radical (unpaired) electrons. The van der Waals surface area contributed by atoms with Crippen molar-refractivity contribution >= 4 is 21.4 Å². The highest BCUT2D eigenvalue weighted by atomic mass is 32.2. The molecule has 0 spiro atoms. The molecule has 0 atom stereocenters. The molecule has 2 aromatic rings. The predicted octanol–water partition coefficient (Wildman–Crippen LogP) is 1.38. The molecule has 1 amide bonds. The second-order valence-electron chi connectivity index (χ2n) is 4.52. The fourth-order valence-electron chi connectivity index (χ4n) is 1.75. The number of para-hydroxylation sites is 1. The molecule has 0 aliphatic heterocycles. The van der Waals surface area contributed by atoms with E-state index in [0.717, 1.165) is 11.9 Å². The number of nitrogens with zero attached hydrogens (tertiary/aromatic N) is 2. The summed E-state index contributed by atoms with van der Waals surface area (Å²) in [6.45, 7) is 1.83. The summed E-state index contributed by atoms with van der Waals surface area (Å²) in [5, 5.41) is 6.63. The number of carbonyl (C=O) groups is 1. The van der Waals surface area contributed by atoms with Gasteiger partial charge in [0, 0.05) is 19.0 Å². The lowest BCUT2D eigenvalue weighted by Gasteiger charge is -2.08. The van der Waals surface area contributed by atoms with E-state index in [0.29, 0.717) is 0 Å². The number of anilines is 1. The van der Waals surface area contributed by atoms with Crippen LogP contribution in [0.4, 0.5) is 5.69 Å². The van der Waals surface area contributed by atoms with Crippen molar-refractivity contribution in [1.29, 1.82) is 0 Å². The molecule has 1 N–H and O–H groups in total. The van der Waals surface area contributed by atoms with Crippen molar-refractivity contribution in [3.05, 3.63) is 41.7 Å². The molecule has 106 valence electrons. The minimum absolute atomic E-state index is 0.0843. The zero-order chi connectivity index (χ0) is 14.9. The van der Waals surface area contributed by atoms with Crippen LogP contribution in [0, 0.1) is 6.92 Å². The molecule has 0 aliphatic carbocycles. The van der Waals surface area contributed by atoms with Gasteiger partial charge in [0.1, 0.15) is 0 Å². The van der Waals surface area contributed by atoms with Crippen LogP contribution >= 0.6 is 0 Å². The van der Waals surface area contributed by atoms with Crippen molar-refractivity contribution in [1.82, 2.24) is 9.78 Å². The molecule has 0 fully saturated rings. The first-order valence-corrected chi connectivity index (χ1v) is 7.79. The van der Waals surface area contributed by atoms with Crippen LogP contribution in [-0.4, -0.2) is 30.4 Å². The summed E-state index contributed by atoms with van der Waals surface area (Å²) in [7, 11) is -1.67. The van der Waals surface area contributed by atoms with Crippen molar-refractivity contribution in [3.63, 3.8) is 0 Å². The first-order valence-electron chi connectivity index (χ1n) is 5.90. The van der Waals surface area contributed by atoms with Gasteiger partial charge in [-0.3, -0.25) is 9.48 Å². The van der Waals surface area contributed by atoms with Gasteiger partial charge < -0.3 is 5.32 Å². The Morgan fingerprint density at radius 3 is 2.50 bits per heavy atom. The van der Waals surface area contributed by atoms with Crippen molar-refractivity contribution in [2.45, 2.75) is 11.8 Å². The second-order valence-corrected chi connectivity index (χ2v) is 6.50. The normalized spacial score (nSPS) is 11.3. The summed E-state index contributed by atoms with van der Waals surface area (Å²) >= 11 is 0. The second kappa shape index (κ2) is 5.09. The topological polar surface area (TPSA) is 81.1 Å². The van der Waals surface area contributed by atoms with Gasteiger partial charge in [0.2, 0.25) is 0 Å². The summed E-state index contributed by atoms with van der Waals surface area (Å²) in [5.41, 5.74) is 1.34. The van der Waals surface area contributed by atoms with Gasteiger partial charge >= 0.3 is 0 Å². The maximum Gasteiger partial charge on any atom is 0.276 e. The van der Waals surface area contributed by atoms with E-state index >= 15 is 0 Å². The van der Waals surface area contributed by atoms with Crippen LogP contribution in [0.15, 0.2) is 35.2 Å². The Labute approximate surface area is 117 Å². The largest absolute Gasteiger partial charge is 0.319 e. The van der Waals surface area contributed by atoms with Gasteiger partial charge in [0.15, 0.2) is 15.5 Å². The number of benzene rings is 1. The molecule has 6 nitrogen and oxygen atoms in total. The van der Waals surface area contributed by atoms with Crippen LogP contribution < -0.4 is 5.32 Å². The molecule has 7 heteroatoms. The zero-order valence-electron chi connectivity index (χ0n) is 11.4. The molecule has 0 unspecified atom stereocenters. The molecule has 1 aromatic carbocycles. The fraction of sp³-hybridized carbons (Fsp3) is 0.231. The molecule has 1 heterocycles. The van der Waals surface area contributed by atoms with Gasteiger partial charge in [-0.1, -0.05) is 12.1 Å². The Hall–Kier alpha value is -2.15. The average molecular weight is 293 g/mol. The maximum absolute atomic E-state index is 12.1. The lowest BCUT2D eigenvalue weighted by atomic mass is 10.3. The third-order valence-electron chi connectivity index (χ3n) is 2.88. The van der Waals surface area contributed by atoms with E-state index in [1.165, 1.54) is 6.07 Å². The number of sulfone groups is 1. The van der Waals surface area contributed by atoms with Crippen LogP contribution in [0.25, 0.3) is 0 Å². The lowest BCUT2D eigenvalue weighted by Crippen LogP contribution is -2.15. The van der Waals surface area contributed by atoms with E-state index in [4.69, 9.17) is 0 Å². The highest BCUT2D eigenvalue weighted by Gasteiger charge is 2.17. The number of hydrogen-bond donors (Lipinski definition) is 1. The minimum Gasteiger partial charge on any atom is -0.319 e. The molecule has 0 saturated heterocycles. The minimum atomic E-state index is -3.40. The van der Waals surface area contributed by atoms with Gasteiger partial charge in [-0.15, -0.1) is 0 Å². The Kier molecular flexibility index (Phi) is 3.63. The number of aromatic nitrogens is 2. The monoisotopic (exact) mass is 293 g/mol. The molecule has 0 aliphatic rings. The van der Waals surface area contributed by atoms with E-state index in [1.807, 2.05) is 6.92 Å². The molecular weight excluding hydrogens is 278 g/mol. The molecule has 1 aromatic heterocycles. The number of rotatable bonds is 3. The number of hydrogen-bond acceptors (Lipinski definition) is 4. The van der Waals surface area contributed by atoms with Crippen molar-refractivity contribution in [2.24, 2.45) is 7.05 Å². The Balaban J connectivity index is 2.33. The molecule has 20 heavy (non-hydrogen) atoms. The predicted molar refractivity (Wildman–Crippen MR) is 75.5 cm³/mol. The van der Waals surface area contributed by atoms with Gasteiger partial charge in [0.05, 0.1) is 10.6 Å². The number of aryl methyl sites for hydroxylation is 2. The molecular formula is C13H15N3O3S. The third kappa shape index (κ3) is 2.88. The summed E-state index contributed by atoms with van der Waals surface area (Å²) < 4.78 is 24.9. The summed E-state index contributed by atoms with van der Waals surface area (Å²) in [6.07, 6.45) is 1.10. The van der Waals surface area contributed by atoms with E-state index in [-0.39, 0.29) is 16.3 Å². The van der Waals surface area contributed by atoms with E-state index in [9.17, 15) is 13.2 Å². The average Bonchev–Trinajstić information content (AvgIpc) is 2.69. The van der Waals surface area contributed by atoms with Crippen molar-refractivity contribution in [3.8, 4) is 0 Å². The Bertz CT molecular complexity index is 743. The van der Waals surface area contributed by atoms with Gasteiger partial charge in [-0.05, 0) is 25.1 Å². The maximum atomic E-state index is 12.1. The number of carbonyl (C=O) groups excluding carboxylic acids is 1. The number of amides is 1. The van der Waals surface area contributed by atoms with Crippen LogP contribution in [0.2, 0.25) is 0 Å². The van der Waals surface area contributed by atoms with Crippen molar-refractivity contribution in [2.75, 3.05) is 11.6 Å². The van der Waals surface area contributed by atoms with E-state index in [2.05, 4.69) is 10.4 Å². The van der Waals surface area contributed by atoms with Crippen LogP contribution in [0.1, 0.15) is 16.2 Å². The fourth-order valence-corrected chi connectivity index (χ4v) is 2.60. The summed E-state index contributed by atoms with van der Waals surface area (Å²) in [4.78, 5) is 12.2. The Morgan fingerprint density at radius 2 is 1.95 bits per heavy atom. The quantitative estimate of drug-likeness (QED) is 0.927. The smallest absolute Gasteiger partial charge is 0.276 e. The van der Waals surface area contributed by atoms with Crippen LogP contribution in [0.5, 0.6) is 0 Å². The summed E-state index contributed by atoms with van der Waals surface area (Å²) in [6, 6.07) is 7.90. The first kappa shape index (κ1) is 14.3.